The van der Waals surface area contributed by atoms with Crippen LogP contribution in [0, 0.1) is 10.1 Å². The van der Waals surface area contributed by atoms with Crippen molar-refractivity contribution < 1.29 is 14.8 Å². The van der Waals surface area contributed by atoms with Gasteiger partial charge in [-0.1, -0.05) is 24.3 Å². The molecule has 0 aromatic heterocycles. The Morgan fingerprint density at radius 1 is 1.11 bits per heavy atom. The Morgan fingerprint density at radius 2 is 1.74 bits per heavy atom. The van der Waals surface area contributed by atoms with Gasteiger partial charge < -0.3 is 10.4 Å². The molecule has 1 amide bonds. The first-order chi connectivity index (χ1) is 9.09. The molecule has 2 aromatic carbocycles. The van der Waals surface area contributed by atoms with Gasteiger partial charge in [0, 0.05) is 6.07 Å². The van der Waals surface area contributed by atoms with E-state index in [0.29, 0.717) is 0 Å². The SMILES string of the molecule is O=C(Nc1ccccc1O)c1ccccc1[N+](=O)[O-]. The van der Waals surface area contributed by atoms with E-state index in [2.05, 4.69) is 5.32 Å². The highest BCUT2D eigenvalue weighted by Crippen LogP contribution is 2.24. The van der Waals surface area contributed by atoms with Gasteiger partial charge in [-0.2, -0.15) is 0 Å². The normalized spacial score (nSPS) is 9.89. The third-order valence-corrected chi connectivity index (χ3v) is 2.50. The van der Waals surface area contributed by atoms with Crippen LogP contribution in [-0.4, -0.2) is 15.9 Å². The van der Waals surface area contributed by atoms with Crippen LogP contribution in [0.1, 0.15) is 10.4 Å². The van der Waals surface area contributed by atoms with Gasteiger partial charge in [0.2, 0.25) is 0 Å². The number of phenols is 1. The Morgan fingerprint density at radius 3 is 2.42 bits per heavy atom. The van der Waals surface area contributed by atoms with Crippen LogP contribution in [-0.2, 0) is 0 Å². The van der Waals surface area contributed by atoms with E-state index < -0.39 is 10.8 Å². The van der Waals surface area contributed by atoms with Gasteiger partial charge in [0.05, 0.1) is 10.6 Å². The number of hydrogen-bond donors (Lipinski definition) is 2. The first kappa shape index (κ1) is 12.6. The predicted octanol–water partition coefficient (Wildman–Crippen LogP) is 2.55. The molecule has 0 heterocycles. The van der Waals surface area contributed by atoms with E-state index in [4.69, 9.17) is 0 Å². The second-order valence-electron chi connectivity index (χ2n) is 3.75. The van der Waals surface area contributed by atoms with E-state index >= 15 is 0 Å². The van der Waals surface area contributed by atoms with Crippen LogP contribution in [0.2, 0.25) is 0 Å². The quantitative estimate of drug-likeness (QED) is 0.502. The van der Waals surface area contributed by atoms with E-state index in [1.165, 1.54) is 36.4 Å². The number of para-hydroxylation sites is 3. The van der Waals surface area contributed by atoms with Crippen molar-refractivity contribution in [2.75, 3.05) is 5.32 Å². The number of benzene rings is 2. The second-order valence-corrected chi connectivity index (χ2v) is 3.75. The number of rotatable bonds is 3. The Hall–Kier alpha value is -2.89. The van der Waals surface area contributed by atoms with Crippen LogP contribution in [0.25, 0.3) is 0 Å². The van der Waals surface area contributed by atoms with E-state index in [9.17, 15) is 20.0 Å². The summed E-state index contributed by atoms with van der Waals surface area (Å²) in [4.78, 5) is 22.2. The van der Waals surface area contributed by atoms with Crippen LogP contribution in [0.4, 0.5) is 11.4 Å². The van der Waals surface area contributed by atoms with Crippen LogP contribution in [0.3, 0.4) is 0 Å². The molecule has 96 valence electrons. The van der Waals surface area contributed by atoms with Crippen molar-refractivity contribution in [2.45, 2.75) is 0 Å². The molecule has 0 saturated carbocycles. The minimum Gasteiger partial charge on any atom is -0.506 e. The molecule has 0 bridgehead atoms. The minimum absolute atomic E-state index is 0.0595. The molecule has 0 radical (unpaired) electrons. The number of nitrogens with zero attached hydrogens (tertiary/aromatic N) is 1. The summed E-state index contributed by atoms with van der Waals surface area (Å²) in [7, 11) is 0. The topological polar surface area (TPSA) is 92.5 Å². The average molecular weight is 258 g/mol. The monoisotopic (exact) mass is 258 g/mol. The number of nitro groups is 1. The van der Waals surface area contributed by atoms with E-state index in [1.54, 1.807) is 12.1 Å². The van der Waals surface area contributed by atoms with Gasteiger partial charge in [-0.25, -0.2) is 0 Å². The summed E-state index contributed by atoms with van der Waals surface area (Å²) in [5.74, 6) is -0.747. The van der Waals surface area contributed by atoms with E-state index in [-0.39, 0.29) is 22.7 Å². The fourth-order valence-electron chi connectivity index (χ4n) is 1.59. The first-order valence-corrected chi connectivity index (χ1v) is 5.42. The van der Waals surface area contributed by atoms with Gasteiger partial charge in [0.25, 0.3) is 11.6 Å². The molecule has 0 fully saturated rings. The molecule has 2 aromatic rings. The highest BCUT2D eigenvalue weighted by molar-refractivity contribution is 6.07. The van der Waals surface area contributed by atoms with E-state index in [0.717, 1.165) is 0 Å². The third-order valence-electron chi connectivity index (χ3n) is 2.50. The lowest BCUT2D eigenvalue weighted by molar-refractivity contribution is -0.385. The number of anilines is 1. The van der Waals surface area contributed by atoms with Crippen molar-refractivity contribution in [2.24, 2.45) is 0 Å². The van der Waals surface area contributed by atoms with Crippen LogP contribution >= 0.6 is 0 Å². The number of amides is 1. The molecule has 6 heteroatoms. The van der Waals surface area contributed by atoms with Crippen molar-refractivity contribution >= 4 is 17.3 Å². The standard InChI is InChI=1S/C13H10N2O4/c16-12-8-4-2-6-10(12)14-13(17)9-5-1-3-7-11(9)15(18)19/h1-8,16H,(H,14,17). The highest BCUT2D eigenvalue weighted by Gasteiger charge is 2.19. The maximum atomic E-state index is 12.0. The van der Waals surface area contributed by atoms with E-state index in [1.807, 2.05) is 0 Å². The Bertz CT molecular complexity index is 640. The number of aromatic hydroxyl groups is 1. The maximum absolute atomic E-state index is 12.0. The fraction of sp³-hybridized carbons (Fsp3) is 0. The molecule has 0 aliphatic rings. The zero-order chi connectivity index (χ0) is 13.8. The summed E-state index contributed by atoms with van der Waals surface area (Å²) in [6.07, 6.45) is 0. The van der Waals surface area contributed by atoms with Gasteiger partial charge in [-0.05, 0) is 18.2 Å². The second kappa shape index (κ2) is 5.18. The summed E-state index contributed by atoms with van der Waals surface area (Å²) >= 11 is 0. The number of phenolic OH excluding ortho intramolecular Hbond substituents is 1. The fourth-order valence-corrected chi connectivity index (χ4v) is 1.59. The predicted molar refractivity (Wildman–Crippen MR) is 69.2 cm³/mol. The number of carbonyl (C=O) groups is 1. The van der Waals surface area contributed by atoms with Gasteiger partial charge >= 0.3 is 0 Å². The summed E-state index contributed by atoms with van der Waals surface area (Å²) in [6, 6.07) is 11.8. The lowest BCUT2D eigenvalue weighted by Crippen LogP contribution is -2.13. The Kier molecular flexibility index (Phi) is 3.42. The zero-order valence-electron chi connectivity index (χ0n) is 9.74. The molecule has 2 N–H and O–H groups in total. The molecular formula is C13H10N2O4. The van der Waals surface area contributed by atoms with Crippen molar-refractivity contribution in [1.29, 1.82) is 0 Å². The smallest absolute Gasteiger partial charge is 0.282 e. The van der Waals surface area contributed by atoms with Crippen LogP contribution in [0.5, 0.6) is 5.75 Å². The summed E-state index contributed by atoms with van der Waals surface area (Å²) < 4.78 is 0. The highest BCUT2D eigenvalue weighted by atomic mass is 16.6. The van der Waals surface area contributed by atoms with Crippen LogP contribution in [0.15, 0.2) is 48.5 Å². The molecule has 0 saturated heterocycles. The van der Waals surface area contributed by atoms with Gasteiger partial charge in [-0.3, -0.25) is 14.9 Å². The largest absolute Gasteiger partial charge is 0.506 e. The van der Waals surface area contributed by atoms with Crippen molar-refractivity contribution in [3.63, 3.8) is 0 Å². The first-order valence-electron chi connectivity index (χ1n) is 5.42. The molecule has 0 spiro atoms. The average Bonchev–Trinajstić information content (AvgIpc) is 2.41. The molecule has 6 nitrogen and oxygen atoms in total. The molecule has 0 aliphatic heterocycles. The molecule has 0 atom stereocenters. The lowest BCUT2D eigenvalue weighted by atomic mass is 10.1. The number of nitro benzene ring substituents is 1. The van der Waals surface area contributed by atoms with Crippen molar-refractivity contribution in [3.05, 3.63) is 64.2 Å². The van der Waals surface area contributed by atoms with Gasteiger partial charge in [-0.15, -0.1) is 0 Å². The molecule has 0 aliphatic carbocycles. The number of nitrogens with one attached hydrogen (secondary N) is 1. The molecule has 0 unspecified atom stereocenters. The zero-order valence-corrected chi connectivity index (χ0v) is 9.74. The van der Waals surface area contributed by atoms with Crippen molar-refractivity contribution in [3.8, 4) is 5.75 Å². The lowest BCUT2D eigenvalue weighted by Gasteiger charge is -2.07. The summed E-state index contributed by atoms with van der Waals surface area (Å²) in [6.45, 7) is 0. The number of carbonyl (C=O) groups excluding carboxylic acids is 1. The minimum atomic E-state index is -0.645. The molecular weight excluding hydrogens is 248 g/mol. The Balaban J connectivity index is 2.31. The summed E-state index contributed by atoms with van der Waals surface area (Å²) in [5.41, 5.74) is -0.142. The maximum Gasteiger partial charge on any atom is 0.282 e. The third kappa shape index (κ3) is 2.68. The van der Waals surface area contributed by atoms with Crippen LogP contribution < -0.4 is 5.32 Å². The Labute approximate surface area is 108 Å². The van der Waals surface area contributed by atoms with Gasteiger partial charge in [0.1, 0.15) is 11.3 Å². The number of hydrogen-bond acceptors (Lipinski definition) is 4. The summed E-state index contributed by atoms with van der Waals surface area (Å²) in [5, 5.41) is 22.8. The van der Waals surface area contributed by atoms with Gasteiger partial charge in [0.15, 0.2) is 0 Å². The van der Waals surface area contributed by atoms with Crippen molar-refractivity contribution in [1.82, 2.24) is 0 Å². The molecule has 19 heavy (non-hydrogen) atoms. The molecule has 2 rings (SSSR count).